The third-order valence-corrected chi connectivity index (χ3v) is 7.49. The highest BCUT2D eigenvalue weighted by Crippen LogP contribution is 2.21. The summed E-state index contributed by atoms with van der Waals surface area (Å²) >= 11 is 1.14. The van der Waals surface area contributed by atoms with E-state index in [0.717, 1.165) is 24.2 Å². The molecular formula is C23H26N2O4S2. The Balaban J connectivity index is 1.69. The first-order chi connectivity index (χ1) is 15.0. The molecule has 0 fully saturated rings. The molecule has 0 saturated carbocycles. The van der Waals surface area contributed by atoms with Gasteiger partial charge in [0.15, 0.2) is 0 Å². The number of thiophene rings is 1. The summed E-state index contributed by atoms with van der Waals surface area (Å²) in [7, 11) is -2.06. The van der Waals surface area contributed by atoms with E-state index in [9.17, 15) is 13.2 Å². The number of rotatable bonds is 11. The fourth-order valence-electron chi connectivity index (χ4n) is 3.16. The maximum atomic E-state index is 13.1. The molecular weight excluding hydrogens is 432 g/mol. The van der Waals surface area contributed by atoms with E-state index in [-0.39, 0.29) is 10.1 Å². The molecule has 0 saturated heterocycles. The van der Waals surface area contributed by atoms with Gasteiger partial charge in [-0.25, -0.2) is 8.42 Å². The number of anilines is 1. The number of ether oxygens (including phenoxy) is 1. The smallest absolute Gasteiger partial charge is 0.271 e. The normalized spacial score (nSPS) is 11.3. The van der Waals surface area contributed by atoms with Gasteiger partial charge in [0.1, 0.15) is 4.21 Å². The average molecular weight is 459 g/mol. The van der Waals surface area contributed by atoms with E-state index in [4.69, 9.17) is 4.74 Å². The molecule has 31 heavy (non-hydrogen) atoms. The van der Waals surface area contributed by atoms with Crippen molar-refractivity contribution >= 4 is 33.0 Å². The lowest BCUT2D eigenvalue weighted by Crippen LogP contribution is -2.35. The van der Waals surface area contributed by atoms with Gasteiger partial charge in [-0.05, 0) is 48.1 Å². The van der Waals surface area contributed by atoms with E-state index < -0.39 is 10.0 Å². The molecule has 1 heterocycles. The fourth-order valence-corrected chi connectivity index (χ4v) is 5.20. The highest BCUT2D eigenvalue weighted by Gasteiger charge is 2.18. The minimum atomic E-state index is -3.67. The van der Waals surface area contributed by atoms with Crippen molar-refractivity contribution in [2.45, 2.75) is 17.1 Å². The van der Waals surface area contributed by atoms with Crippen LogP contribution in [0.1, 0.15) is 22.3 Å². The number of hydrogen-bond donors (Lipinski definition) is 1. The Bertz CT molecular complexity index is 1070. The predicted molar refractivity (Wildman–Crippen MR) is 124 cm³/mol. The van der Waals surface area contributed by atoms with Gasteiger partial charge in [-0.1, -0.05) is 42.5 Å². The van der Waals surface area contributed by atoms with Gasteiger partial charge in [0.2, 0.25) is 0 Å². The second-order valence-corrected chi connectivity index (χ2v) is 9.85. The van der Waals surface area contributed by atoms with Crippen LogP contribution in [0.4, 0.5) is 5.69 Å². The monoisotopic (exact) mass is 458 g/mol. The number of carbonyl (C=O) groups is 1. The third kappa shape index (κ3) is 6.65. The van der Waals surface area contributed by atoms with Crippen molar-refractivity contribution in [3.8, 4) is 0 Å². The van der Waals surface area contributed by atoms with Crippen LogP contribution in [-0.4, -0.2) is 46.0 Å². The highest BCUT2D eigenvalue weighted by molar-refractivity contribution is 7.94. The van der Waals surface area contributed by atoms with E-state index in [1.165, 1.54) is 5.56 Å². The minimum Gasteiger partial charge on any atom is -0.383 e. The third-order valence-electron chi connectivity index (χ3n) is 4.71. The van der Waals surface area contributed by atoms with Gasteiger partial charge in [0.25, 0.3) is 15.9 Å². The summed E-state index contributed by atoms with van der Waals surface area (Å²) in [6.07, 6.45) is 1.70. The molecule has 164 valence electrons. The zero-order chi connectivity index (χ0) is 22.1. The van der Waals surface area contributed by atoms with Crippen molar-refractivity contribution < 1.29 is 17.9 Å². The fraction of sp³-hybridized carbons (Fsp3) is 0.261. The Kier molecular flexibility index (Phi) is 8.22. The lowest BCUT2D eigenvalue weighted by Gasteiger charge is -2.23. The van der Waals surface area contributed by atoms with Gasteiger partial charge >= 0.3 is 0 Å². The first kappa shape index (κ1) is 23.0. The van der Waals surface area contributed by atoms with Crippen LogP contribution in [0, 0.1) is 0 Å². The number of benzene rings is 2. The van der Waals surface area contributed by atoms with E-state index in [2.05, 4.69) is 16.9 Å². The van der Waals surface area contributed by atoms with Crippen LogP contribution in [0.15, 0.2) is 76.3 Å². The minimum absolute atomic E-state index is 0.151. The van der Waals surface area contributed by atoms with Gasteiger partial charge in [-0.15, -0.1) is 11.3 Å². The SMILES string of the molecule is COCCN(CCCc1ccccc1)C(=O)c1cccc(NS(=O)(=O)c2cccs2)c1. The number of carbonyl (C=O) groups excluding carboxylic acids is 1. The Morgan fingerprint density at radius 1 is 1.03 bits per heavy atom. The zero-order valence-corrected chi connectivity index (χ0v) is 19.0. The lowest BCUT2D eigenvalue weighted by molar-refractivity contribution is 0.0693. The summed E-state index contributed by atoms with van der Waals surface area (Å²) in [5, 5.41) is 1.71. The van der Waals surface area contributed by atoms with Crippen LogP contribution in [0.5, 0.6) is 0 Å². The Morgan fingerprint density at radius 3 is 2.55 bits per heavy atom. The quantitative estimate of drug-likeness (QED) is 0.466. The number of amides is 1. The largest absolute Gasteiger partial charge is 0.383 e. The molecule has 0 unspecified atom stereocenters. The summed E-state index contributed by atoms with van der Waals surface area (Å²) < 4.78 is 32.9. The first-order valence-corrected chi connectivity index (χ1v) is 12.3. The van der Waals surface area contributed by atoms with Crippen molar-refractivity contribution in [2.24, 2.45) is 0 Å². The Labute approximate surface area is 187 Å². The average Bonchev–Trinajstić information content (AvgIpc) is 3.32. The molecule has 0 aliphatic carbocycles. The number of sulfonamides is 1. The summed E-state index contributed by atoms with van der Waals surface area (Å²) in [5.41, 5.74) is 2.02. The van der Waals surface area contributed by atoms with E-state index in [1.54, 1.807) is 53.8 Å². The molecule has 1 N–H and O–H groups in total. The maximum absolute atomic E-state index is 13.1. The molecule has 0 bridgehead atoms. The van der Waals surface area contributed by atoms with Gasteiger partial charge in [-0.2, -0.15) is 0 Å². The van der Waals surface area contributed by atoms with E-state index in [1.807, 2.05) is 18.2 Å². The number of methoxy groups -OCH3 is 1. The molecule has 8 heteroatoms. The molecule has 0 aliphatic rings. The van der Waals surface area contributed by atoms with Crippen LogP contribution in [-0.2, 0) is 21.2 Å². The molecule has 3 rings (SSSR count). The van der Waals surface area contributed by atoms with E-state index >= 15 is 0 Å². The maximum Gasteiger partial charge on any atom is 0.271 e. The van der Waals surface area contributed by atoms with Crippen LogP contribution in [0.3, 0.4) is 0 Å². The molecule has 3 aromatic rings. The second kappa shape index (κ2) is 11.1. The number of nitrogens with one attached hydrogen (secondary N) is 1. The van der Waals surface area contributed by atoms with Crippen molar-refractivity contribution in [1.82, 2.24) is 4.90 Å². The van der Waals surface area contributed by atoms with Crippen molar-refractivity contribution in [2.75, 3.05) is 31.5 Å². The van der Waals surface area contributed by atoms with Gasteiger partial charge in [-0.3, -0.25) is 9.52 Å². The van der Waals surface area contributed by atoms with E-state index in [0.29, 0.717) is 30.9 Å². The first-order valence-electron chi connectivity index (χ1n) is 9.98. The molecule has 0 radical (unpaired) electrons. The van der Waals surface area contributed by atoms with Crippen LogP contribution in [0.25, 0.3) is 0 Å². The molecule has 0 spiro atoms. The van der Waals surface area contributed by atoms with Gasteiger partial charge in [0.05, 0.1) is 6.61 Å². The summed E-state index contributed by atoms with van der Waals surface area (Å²) in [6.45, 7) is 1.49. The highest BCUT2D eigenvalue weighted by atomic mass is 32.2. The Morgan fingerprint density at radius 2 is 1.84 bits per heavy atom. The molecule has 6 nitrogen and oxygen atoms in total. The molecule has 2 aromatic carbocycles. The van der Waals surface area contributed by atoms with Crippen LogP contribution < -0.4 is 4.72 Å². The number of hydrogen-bond acceptors (Lipinski definition) is 5. The van der Waals surface area contributed by atoms with Gasteiger partial charge in [0, 0.05) is 31.5 Å². The molecule has 0 aliphatic heterocycles. The second-order valence-electron chi connectivity index (χ2n) is 6.99. The zero-order valence-electron chi connectivity index (χ0n) is 17.4. The standard InChI is InChI=1S/C23H26N2O4S2/c1-29-16-15-25(14-6-10-19-8-3-2-4-9-19)23(26)20-11-5-12-21(18-20)24-31(27,28)22-13-7-17-30-22/h2-5,7-9,11-13,17-18,24H,6,10,14-16H2,1H3. The summed E-state index contributed by atoms with van der Waals surface area (Å²) in [4.78, 5) is 14.9. The topological polar surface area (TPSA) is 75.7 Å². The lowest BCUT2D eigenvalue weighted by atomic mass is 10.1. The summed E-state index contributed by atoms with van der Waals surface area (Å²) in [5.74, 6) is -0.151. The Hall–Kier alpha value is -2.68. The molecule has 1 amide bonds. The van der Waals surface area contributed by atoms with Crippen molar-refractivity contribution in [3.63, 3.8) is 0 Å². The molecule has 0 atom stereocenters. The predicted octanol–water partition coefficient (Wildman–Crippen LogP) is 4.27. The van der Waals surface area contributed by atoms with Crippen molar-refractivity contribution in [1.29, 1.82) is 0 Å². The molecule has 1 aromatic heterocycles. The summed E-state index contributed by atoms with van der Waals surface area (Å²) in [6, 6.07) is 20.0. The van der Waals surface area contributed by atoms with Crippen LogP contribution >= 0.6 is 11.3 Å². The van der Waals surface area contributed by atoms with Gasteiger partial charge < -0.3 is 9.64 Å². The number of aryl methyl sites for hydroxylation is 1. The number of nitrogens with zero attached hydrogens (tertiary/aromatic N) is 1. The van der Waals surface area contributed by atoms with Crippen molar-refractivity contribution in [3.05, 3.63) is 83.2 Å². The van der Waals surface area contributed by atoms with Crippen LogP contribution in [0.2, 0.25) is 0 Å².